The fourth-order valence-corrected chi connectivity index (χ4v) is 4.27. The summed E-state index contributed by atoms with van der Waals surface area (Å²) >= 11 is 1.64. The van der Waals surface area contributed by atoms with Gasteiger partial charge in [-0.15, -0.1) is 11.3 Å². The lowest BCUT2D eigenvalue weighted by Gasteiger charge is -2.16. The van der Waals surface area contributed by atoms with Gasteiger partial charge in [0.05, 0.1) is 17.5 Å². The van der Waals surface area contributed by atoms with Crippen LogP contribution in [0.2, 0.25) is 0 Å². The zero-order valence-electron chi connectivity index (χ0n) is 14.4. The van der Waals surface area contributed by atoms with Crippen LogP contribution in [0, 0.1) is 6.92 Å². The Bertz CT molecular complexity index is 794. The Balaban J connectivity index is 1.31. The molecular weight excluding hydrogens is 336 g/mol. The number of carbonyl (C=O) groups excluding carboxylic acids is 2. The first-order valence-electron chi connectivity index (χ1n) is 8.67. The molecule has 7 heteroatoms. The second-order valence-electron chi connectivity index (χ2n) is 7.08. The van der Waals surface area contributed by atoms with Gasteiger partial charge >= 0.3 is 0 Å². The van der Waals surface area contributed by atoms with Crippen molar-refractivity contribution in [2.75, 3.05) is 0 Å². The molecule has 6 nitrogen and oxygen atoms in total. The fraction of sp³-hybridized carbons (Fsp3) is 0.500. The van der Waals surface area contributed by atoms with Crippen LogP contribution in [-0.4, -0.2) is 33.7 Å². The van der Waals surface area contributed by atoms with Crippen molar-refractivity contribution in [3.05, 3.63) is 40.3 Å². The molecule has 25 heavy (non-hydrogen) atoms. The normalized spacial score (nSPS) is 24.4. The van der Waals surface area contributed by atoms with Crippen molar-refractivity contribution < 1.29 is 9.59 Å². The van der Waals surface area contributed by atoms with E-state index in [0.29, 0.717) is 0 Å². The van der Waals surface area contributed by atoms with Crippen molar-refractivity contribution in [2.45, 2.75) is 56.7 Å². The van der Waals surface area contributed by atoms with Gasteiger partial charge in [0.25, 0.3) is 0 Å². The molecule has 2 saturated carbocycles. The van der Waals surface area contributed by atoms with Crippen LogP contribution in [0.15, 0.2) is 29.8 Å². The highest BCUT2D eigenvalue weighted by Gasteiger charge is 2.54. The maximum absolute atomic E-state index is 12.6. The van der Waals surface area contributed by atoms with E-state index in [-0.39, 0.29) is 35.4 Å². The molecule has 2 amide bonds. The van der Waals surface area contributed by atoms with Crippen LogP contribution in [0.3, 0.4) is 0 Å². The van der Waals surface area contributed by atoms with Gasteiger partial charge in [-0.05, 0) is 50.6 Å². The molecule has 4 rings (SSSR count). The molecule has 2 fully saturated rings. The number of rotatable bonds is 6. The Morgan fingerprint density at radius 3 is 2.68 bits per heavy atom. The first kappa shape index (κ1) is 16.3. The zero-order valence-corrected chi connectivity index (χ0v) is 15.2. The van der Waals surface area contributed by atoms with E-state index < -0.39 is 0 Å². The molecule has 0 aromatic carbocycles. The predicted molar refractivity (Wildman–Crippen MR) is 95.4 cm³/mol. The van der Waals surface area contributed by atoms with E-state index in [4.69, 9.17) is 0 Å². The van der Waals surface area contributed by atoms with Crippen molar-refractivity contribution in [1.82, 2.24) is 20.4 Å². The summed E-state index contributed by atoms with van der Waals surface area (Å²) in [7, 11) is 0. The van der Waals surface area contributed by atoms with E-state index in [0.717, 1.165) is 29.8 Å². The zero-order chi connectivity index (χ0) is 17.6. The Morgan fingerprint density at radius 1 is 1.32 bits per heavy atom. The third-order valence-corrected chi connectivity index (χ3v) is 6.30. The molecule has 1 unspecified atom stereocenters. The maximum atomic E-state index is 12.6. The summed E-state index contributed by atoms with van der Waals surface area (Å²) < 4.78 is 1.71. The minimum absolute atomic E-state index is 0.0221. The number of amides is 2. The highest BCUT2D eigenvalue weighted by atomic mass is 32.1. The van der Waals surface area contributed by atoms with E-state index >= 15 is 0 Å². The number of aryl methyl sites for hydroxylation is 1. The largest absolute Gasteiger partial charge is 0.350 e. The first-order valence-corrected chi connectivity index (χ1v) is 9.55. The lowest BCUT2D eigenvalue weighted by molar-refractivity contribution is -0.125. The van der Waals surface area contributed by atoms with Crippen LogP contribution in [-0.2, 0) is 15.0 Å². The molecular formula is C18H22N4O2S. The van der Waals surface area contributed by atoms with E-state index in [9.17, 15) is 9.59 Å². The average Bonchev–Trinajstić information content (AvgIpc) is 3.41. The summed E-state index contributed by atoms with van der Waals surface area (Å²) in [5.41, 5.74) is 0.639. The van der Waals surface area contributed by atoms with E-state index in [1.165, 1.54) is 0 Å². The number of hydrogen-bond acceptors (Lipinski definition) is 4. The van der Waals surface area contributed by atoms with Gasteiger partial charge in [-0.1, -0.05) is 6.07 Å². The summed E-state index contributed by atoms with van der Waals surface area (Å²) in [4.78, 5) is 26.2. The van der Waals surface area contributed by atoms with E-state index in [1.54, 1.807) is 22.2 Å². The third kappa shape index (κ3) is 2.97. The molecule has 0 aliphatic heterocycles. The van der Waals surface area contributed by atoms with Crippen molar-refractivity contribution >= 4 is 23.2 Å². The molecule has 2 aliphatic carbocycles. The quantitative estimate of drug-likeness (QED) is 0.828. The van der Waals surface area contributed by atoms with Crippen LogP contribution in [0.4, 0.5) is 0 Å². The average molecular weight is 358 g/mol. The van der Waals surface area contributed by atoms with E-state index in [1.807, 2.05) is 37.4 Å². The van der Waals surface area contributed by atoms with Gasteiger partial charge in [-0.25, -0.2) is 0 Å². The minimum Gasteiger partial charge on any atom is -0.350 e. The fourth-order valence-electron chi connectivity index (χ4n) is 3.28. The number of thiophene rings is 1. The smallest absolute Gasteiger partial charge is 0.244 e. The SMILES string of the molecule is Cc1ccnn1C(C)C(=O)N[C@@H]1C[C@H]1NC(=O)C1(c2cccs2)CC1. The molecule has 2 aromatic rings. The number of aromatic nitrogens is 2. The number of nitrogens with one attached hydrogen (secondary N) is 2. The summed E-state index contributed by atoms with van der Waals surface area (Å²) in [6.45, 7) is 3.76. The highest BCUT2D eigenvalue weighted by Crippen LogP contribution is 2.50. The lowest BCUT2D eigenvalue weighted by Crippen LogP contribution is -2.41. The van der Waals surface area contributed by atoms with E-state index in [2.05, 4.69) is 15.7 Å². The van der Waals surface area contributed by atoms with Gasteiger partial charge in [0, 0.05) is 16.8 Å². The summed E-state index contributed by atoms with van der Waals surface area (Å²) in [5, 5.41) is 12.3. The molecule has 2 aliphatic rings. The van der Waals surface area contributed by atoms with Crippen molar-refractivity contribution in [3.63, 3.8) is 0 Å². The van der Waals surface area contributed by atoms with Crippen molar-refractivity contribution in [1.29, 1.82) is 0 Å². The van der Waals surface area contributed by atoms with Crippen molar-refractivity contribution in [2.24, 2.45) is 0 Å². The summed E-state index contributed by atoms with van der Waals surface area (Å²) in [6.07, 6.45) is 4.32. The number of hydrogen-bond donors (Lipinski definition) is 2. The molecule has 0 radical (unpaired) electrons. The lowest BCUT2D eigenvalue weighted by atomic mass is 10.0. The molecule has 2 aromatic heterocycles. The number of carbonyl (C=O) groups is 2. The molecule has 0 spiro atoms. The third-order valence-electron chi connectivity index (χ3n) is 5.23. The van der Waals surface area contributed by atoms with Crippen LogP contribution >= 0.6 is 11.3 Å². The Kier molecular flexibility index (Phi) is 3.91. The van der Waals surface area contributed by atoms with Gasteiger partial charge in [0.15, 0.2) is 0 Å². The van der Waals surface area contributed by atoms with Crippen molar-refractivity contribution in [3.8, 4) is 0 Å². The second kappa shape index (κ2) is 5.98. The topological polar surface area (TPSA) is 76.0 Å². The van der Waals surface area contributed by atoms with Gasteiger partial charge in [-0.3, -0.25) is 14.3 Å². The van der Waals surface area contributed by atoms with Gasteiger partial charge in [0.2, 0.25) is 11.8 Å². The molecule has 2 N–H and O–H groups in total. The van der Waals surface area contributed by atoms with Crippen LogP contribution in [0.1, 0.15) is 42.8 Å². The number of nitrogens with zero attached hydrogens (tertiary/aromatic N) is 2. The van der Waals surface area contributed by atoms with Crippen LogP contribution in [0.5, 0.6) is 0 Å². The summed E-state index contributed by atoms with van der Waals surface area (Å²) in [5.74, 6) is 0.0422. The second-order valence-corrected chi connectivity index (χ2v) is 8.03. The maximum Gasteiger partial charge on any atom is 0.244 e. The van der Waals surface area contributed by atoms with Crippen LogP contribution < -0.4 is 10.6 Å². The summed E-state index contributed by atoms with van der Waals surface area (Å²) in [6, 6.07) is 5.62. The standard InChI is InChI=1S/C18H22N4O2S/c1-11-5-8-19-22(11)12(2)16(23)20-13-10-14(13)21-17(24)18(6-7-18)15-4-3-9-25-15/h3-5,8-9,12-14H,6-7,10H2,1-2H3,(H,20,23)(H,21,24)/t12?,13-,14-/m1/s1. The highest BCUT2D eigenvalue weighted by molar-refractivity contribution is 7.10. The van der Waals surface area contributed by atoms with Gasteiger partial charge in [0.1, 0.15) is 6.04 Å². The molecule has 132 valence electrons. The minimum atomic E-state index is -0.354. The molecule has 0 saturated heterocycles. The van der Waals surface area contributed by atoms with Gasteiger partial charge < -0.3 is 10.6 Å². The predicted octanol–water partition coefficient (Wildman–Crippen LogP) is 1.92. The Labute approximate surface area is 150 Å². The van der Waals surface area contributed by atoms with Crippen LogP contribution in [0.25, 0.3) is 0 Å². The molecule has 2 heterocycles. The monoisotopic (exact) mass is 358 g/mol. The molecule has 3 atom stereocenters. The Hall–Kier alpha value is -2.15. The Morgan fingerprint density at radius 2 is 2.08 bits per heavy atom. The van der Waals surface area contributed by atoms with Gasteiger partial charge in [-0.2, -0.15) is 5.10 Å². The molecule has 0 bridgehead atoms. The first-order chi connectivity index (χ1) is 12.0.